The molecule has 0 unspecified atom stereocenters. The number of hydrogen-bond acceptors (Lipinski definition) is 6. The van der Waals surface area contributed by atoms with E-state index in [1.54, 1.807) is 11.3 Å². The van der Waals surface area contributed by atoms with E-state index in [0.717, 1.165) is 43.8 Å². The van der Waals surface area contributed by atoms with Gasteiger partial charge in [-0.25, -0.2) is 16.1 Å². The predicted octanol–water partition coefficient (Wildman–Crippen LogP) is 0.0991. The molecule has 8 heteroatoms. The van der Waals surface area contributed by atoms with E-state index in [4.69, 9.17) is 5.84 Å². The molecule has 1 aromatic heterocycles. The first-order chi connectivity index (χ1) is 10.1. The number of hydrogen-bond donors (Lipinski definition) is 5. The molecule has 0 aromatic carbocycles. The summed E-state index contributed by atoms with van der Waals surface area (Å²) in [5, 5.41) is 12.7. The van der Waals surface area contributed by atoms with Crippen molar-refractivity contribution >= 4 is 17.4 Å². The lowest BCUT2D eigenvalue weighted by atomic mass is 9.90. The van der Waals surface area contributed by atoms with E-state index in [0.29, 0.717) is 6.54 Å². The van der Waals surface area contributed by atoms with Gasteiger partial charge in [0.1, 0.15) is 5.60 Å². The Morgan fingerprint density at radius 1 is 1.48 bits per heavy atom. The minimum Gasteiger partial charge on any atom is -0.384 e. The van der Waals surface area contributed by atoms with Crippen LogP contribution in [0.15, 0.2) is 17.5 Å². The van der Waals surface area contributed by atoms with E-state index in [1.165, 1.54) is 0 Å². The fourth-order valence-electron chi connectivity index (χ4n) is 2.51. The summed E-state index contributed by atoms with van der Waals surface area (Å²) in [6.45, 7) is 3.41. The summed E-state index contributed by atoms with van der Waals surface area (Å²) in [7, 11) is 0. The Morgan fingerprint density at radius 2 is 2.24 bits per heavy atom. The zero-order chi connectivity index (χ0) is 15.1. The summed E-state index contributed by atoms with van der Waals surface area (Å²) in [5.74, 6) is 4.94. The fraction of sp³-hybridized carbons (Fsp3) is 0.615. The van der Waals surface area contributed by atoms with Gasteiger partial charge >= 0.3 is 6.03 Å². The molecule has 6 N–H and O–H groups in total. The molecule has 1 saturated heterocycles. The maximum absolute atomic E-state index is 10.8. The van der Waals surface area contributed by atoms with Crippen LogP contribution in [0.25, 0.3) is 0 Å². The molecule has 7 nitrogen and oxygen atoms in total. The second-order valence-corrected chi connectivity index (χ2v) is 6.18. The largest absolute Gasteiger partial charge is 0.384 e. The van der Waals surface area contributed by atoms with E-state index >= 15 is 0 Å². The summed E-state index contributed by atoms with van der Waals surface area (Å²) in [6.07, 6.45) is 2.46. The van der Waals surface area contributed by atoms with Gasteiger partial charge in [-0.2, -0.15) is 0 Å². The van der Waals surface area contributed by atoms with Gasteiger partial charge in [-0.3, -0.25) is 10.9 Å². The lowest BCUT2D eigenvalue weighted by Gasteiger charge is -2.37. The van der Waals surface area contributed by atoms with Crippen LogP contribution in [0.1, 0.15) is 24.1 Å². The van der Waals surface area contributed by atoms with Gasteiger partial charge in [0.05, 0.1) is 0 Å². The maximum atomic E-state index is 10.8. The first-order valence-corrected chi connectivity index (χ1v) is 8.00. The van der Waals surface area contributed by atoms with Crippen molar-refractivity contribution in [3.63, 3.8) is 0 Å². The molecule has 0 atom stereocenters. The van der Waals surface area contributed by atoms with E-state index in [1.807, 2.05) is 22.9 Å². The number of hydrazine groups is 2. The Kier molecular flexibility index (Phi) is 5.95. The number of likely N-dealkylation sites (tertiary alicyclic amines) is 1. The summed E-state index contributed by atoms with van der Waals surface area (Å²) in [4.78, 5) is 14.2. The maximum Gasteiger partial charge on any atom is 0.343 e. The standard InChI is InChI=1S/C13H23N5O2S/c14-16-12(19)17-15-6-2-7-18-8-4-13(20,5-9-18)11-3-1-10-21-11/h1,3,10,15,20H,2,4-9,14H2,(H2,16,17,19). The average Bonchev–Trinajstić information content (AvgIpc) is 3.04. The van der Waals surface area contributed by atoms with Gasteiger partial charge in [-0.05, 0) is 37.3 Å². The highest BCUT2D eigenvalue weighted by atomic mass is 32.1. The normalized spacial score (nSPS) is 18.4. The number of aliphatic hydroxyl groups is 1. The van der Waals surface area contributed by atoms with Crippen LogP contribution in [0, 0.1) is 0 Å². The Balaban J connectivity index is 1.62. The van der Waals surface area contributed by atoms with Crippen LogP contribution < -0.4 is 22.1 Å². The Morgan fingerprint density at radius 3 is 2.86 bits per heavy atom. The lowest BCUT2D eigenvalue weighted by molar-refractivity contribution is -0.0230. The SMILES string of the molecule is NNC(=O)NNCCCN1CCC(O)(c2cccs2)CC1. The molecule has 0 bridgehead atoms. The molecule has 1 fully saturated rings. The molecule has 1 aliphatic rings. The highest BCUT2D eigenvalue weighted by molar-refractivity contribution is 7.10. The minimum absolute atomic E-state index is 0.450. The molecule has 0 aliphatic carbocycles. The number of rotatable bonds is 6. The highest BCUT2D eigenvalue weighted by Crippen LogP contribution is 2.35. The second-order valence-electron chi connectivity index (χ2n) is 5.23. The number of piperidine rings is 1. The molecular weight excluding hydrogens is 290 g/mol. The fourth-order valence-corrected chi connectivity index (χ4v) is 3.39. The molecule has 0 radical (unpaired) electrons. The molecule has 21 heavy (non-hydrogen) atoms. The first-order valence-electron chi connectivity index (χ1n) is 7.12. The van der Waals surface area contributed by atoms with Crippen molar-refractivity contribution in [3.8, 4) is 0 Å². The first kappa shape index (κ1) is 16.2. The van der Waals surface area contributed by atoms with Gasteiger partial charge in [0, 0.05) is 24.5 Å². The van der Waals surface area contributed by atoms with Crippen molar-refractivity contribution in [2.75, 3.05) is 26.2 Å². The molecule has 1 aromatic rings. The molecule has 118 valence electrons. The van der Waals surface area contributed by atoms with Crippen LogP contribution in [0.3, 0.4) is 0 Å². The second kappa shape index (κ2) is 7.71. The monoisotopic (exact) mass is 313 g/mol. The van der Waals surface area contributed by atoms with Crippen LogP contribution in [0.4, 0.5) is 4.79 Å². The highest BCUT2D eigenvalue weighted by Gasteiger charge is 2.34. The van der Waals surface area contributed by atoms with Crippen LogP contribution in [0.5, 0.6) is 0 Å². The summed E-state index contributed by atoms with van der Waals surface area (Å²) < 4.78 is 0. The van der Waals surface area contributed by atoms with Gasteiger partial charge in [0.15, 0.2) is 0 Å². The summed E-state index contributed by atoms with van der Waals surface area (Å²) >= 11 is 1.62. The summed E-state index contributed by atoms with van der Waals surface area (Å²) in [6, 6.07) is 3.55. The van der Waals surface area contributed by atoms with Crippen molar-refractivity contribution in [3.05, 3.63) is 22.4 Å². The number of amides is 2. The molecule has 2 rings (SSSR count). The Labute approximate surface area is 128 Å². The zero-order valence-corrected chi connectivity index (χ0v) is 12.8. The average molecular weight is 313 g/mol. The van der Waals surface area contributed by atoms with E-state index in [9.17, 15) is 9.90 Å². The molecule has 2 heterocycles. The number of urea groups is 1. The number of nitrogens with zero attached hydrogens (tertiary/aromatic N) is 1. The number of carbonyl (C=O) groups excluding carboxylic acids is 1. The van der Waals surface area contributed by atoms with Crippen LogP contribution in [-0.4, -0.2) is 42.2 Å². The predicted molar refractivity (Wildman–Crippen MR) is 82.4 cm³/mol. The van der Waals surface area contributed by atoms with E-state index in [-0.39, 0.29) is 0 Å². The molecule has 2 amide bonds. The molecule has 0 saturated carbocycles. The van der Waals surface area contributed by atoms with Crippen LogP contribution >= 0.6 is 11.3 Å². The van der Waals surface area contributed by atoms with Crippen LogP contribution in [-0.2, 0) is 5.60 Å². The quantitative estimate of drug-likeness (QED) is 0.222. The van der Waals surface area contributed by atoms with Crippen molar-refractivity contribution in [2.45, 2.75) is 24.9 Å². The topological polar surface area (TPSA) is 103 Å². The number of carbonyl (C=O) groups is 1. The lowest BCUT2D eigenvalue weighted by Crippen LogP contribution is -2.47. The minimum atomic E-state index is -0.649. The van der Waals surface area contributed by atoms with Crippen molar-refractivity contribution in [2.24, 2.45) is 5.84 Å². The number of thiophene rings is 1. The third-order valence-electron chi connectivity index (χ3n) is 3.77. The van der Waals surface area contributed by atoms with Gasteiger partial charge in [0.25, 0.3) is 0 Å². The van der Waals surface area contributed by atoms with Gasteiger partial charge in [-0.15, -0.1) is 11.3 Å². The number of nitrogens with two attached hydrogens (primary N) is 1. The third-order valence-corrected chi connectivity index (χ3v) is 4.84. The van der Waals surface area contributed by atoms with Gasteiger partial charge in [0.2, 0.25) is 0 Å². The molecule has 1 aliphatic heterocycles. The zero-order valence-electron chi connectivity index (χ0n) is 12.0. The Bertz CT molecular complexity index is 432. The van der Waals surface area contributed by atoms with Crippen molar-refractivity contribution < 1.29 is 9.90 Å². The van der Waals surface area contributed by atoms with Crippen molar-refractivity contribution in [1.82, 2.24) is 21.2 Å². The van der Waals surface area contributed by atoms with E-state index in [2.05, 4.69) is 15.8 Å². The van der Waals surface area contributed by atoms with Gasteiger partial charge in [-0.1, -0.05) is 6.07 Å². The van der Waals surface area contributed by atoms with Gasteiger partial charge < -0.3 is 10.0 Å². The molecular formula is C13H23N5O2S. The van der Waals surface area contributed by atoms with E-state index < -0.39 is 11.6 Å². The summed E-state index contributed by atoms with van der Waals surface area (Å²) in [5.41, 5.74) is 6.55. The van der Waals surface area contributed by atoms with Crippen LogP contribution in [0.2, 0.25) is 0 Å². The van der Waals surface area contributed by atoms with Crippen molar-refractivity contribution in [1.29, 1.82) is 0 Å². The molecule has 0 spiro atoms. The number of nitrogens with one attached hydrogen (secondary N) is 3. The third kappa shape index (κ3) is 4.65. The Hall–Kier alpha value is -1.19. The smallest absolute Gasteiger partial charge is 0.343 e.